The zero-order valence-corrected chi connectivity index (χ0v) is 8.03. The van der Waals surface area contributed by atoms with E-state index in [0.717, 1.165) is 5.56 Å². The van der Waals surface area contributed by atoms with Crippen LogP contribution in [0.4, 0.5) is 4.79 Å². The van der Waals surface area contributed by atoms with E-state index >= 15 is 0 Å². The van der Waals surface area contributed by atoms with Crippen LogP contribution in [-0.2, 0) is 6.54 Å². The lowest BCUT2D eigenvalue weighted by atomic mass is 10.3. The molecule has 14 heavy (non-hydrogen) atoms. The molecule has 1 rings (SSSR count). The van der Waals surface area contributed by atoms with Crippen molar-refractivity contribution in [3.8, 4) is 0 Å². The Morgan fingerprint density at radius 3 is 3.14 bits per heavy atom. The fourth-order valence-corrected chi connectivity index (χ4v) is 0.895. The van der Waals surface area contributed by atoms with Gasteiger partial charge in [-0.1, -0.05) is 12.1 Å². The molecule has 0 unspecified atom stereocenters. The number of nitrogens with one attached hydrogen (secondary N) is 2. The van der Waals surface area contributed by atoms with Crippen molar-refractivity contribution in [3.63, 3.8) is 0 Å². The number of allylic oxidation sites excluding steroid dienone is 1. The molecule has 0 aromatic carbocycles. The highest BCUT2D eigenvalue weighted by Gasteiger charge is 1.96. The van der Waals surface area contributed by atoms with E-state index in [1.54, 1.807) is 24.7 Å². The van der Waals surface area contributed by atoms with Crippen LogP contribution in [0.1, 0.15) is 12.5 Å². The first kappa shape index (κ1) is 10.2. The molecule has 0 aliphatic carbocycles. The second-order valence-corrected chi connectivity index (χ2v) is 2.69. The molecule has 2 amide bonds. The average molecular weight is 191 g/mol. The largest absolute Gasteiger partial charge is 0.334 e. The topological polar surface area (TPSA) is 54.0 Å². The van der Waals surface area contributed by atoms with Gasteiger partial charge in [-0.05, 0) is 18.6 Å². The molecular weight excluding hydrogens is 178 g/mol. The fourth-order valence-electron chi connectivity index (χ4n) is 0.895. The van der Waals surface area contributed by atoms with E-state index in [2.05, 4.69) is 15.6 Å². The van der Waals surface area contributed by atoms with E-state index in [-0.39, 0.29) is 6.03 Å². The number of carbonyl (C=O) groups is 1. The Bertz CT molecular complexity index is 308. The number of urea groups is 1. The Balaban J connectivity index is 2.31. The van der Waals surface area contributed by atoms with Gasteiger partial charge >= 0.3 is 6.03 Å². The highest BCUT2D eigenvalue weighted by atomic mass is 16.2. The van der Waals surface area contributed by atoms with Gasteiger partial charge in [0.15, 0.2) is 0 Å². The number of rotatable bonds is 3. The second-order valence-electron chi connectivity index (χ2n) is 2.69. The zero-order chi connectivity index (χ0) is 10.2. The molecule has 1 heterocycles. The summed E-state index contributed by atoms with van der Waals surface area (Å²) in [5.41, 5.74) is 0.975. The summed E-state index contributed by atoms with van der Waals surface area (Å²) < 4.78 is 0. The highest BCUT2D eigenvalue weighted by Crippen LogP contribution is 1.93. The molecule has 0 saturated heterocycles. The molecule has 4 heteroatoms. The predicted molar refractivity (Wildman–Crippen MR) is 54.4 cm³/mol. The lowest BCUT2D eigenvalue weighted by molar-refractivity contribution is 0.243. The Labute approximate surface area is 83.0 Å². The van der Waals surface area contributed by atoms with Crippen LogP contribution in [-0.4, -0.2) is 11.0 Å². The summed E-state index contributed by atoms with van der Waals surface area (Å²) in [4.78, 5) is 15.0. The van der Waals surface area contributed by atoms with Gasteiger partial charge in [0.05, 0.1) is 0 Å². The van der Waals surface area contributed by atoms with E-state index in [1.807, 2.05) is 19.1 Å². The standard InChI is InChI=1S/C10H13N3O/c1-2-5-12-10(14)13-8-9-4-3-6-11-7-9/h2-7H,8H2,1H3,(H2,12,13,14)/b5-2+. The molecule has 1 aromatic heterocycles. The maximum Gasteiger partial charge on any atom is 0.319 e. The molecular formula is C10H13N3O. The van der Waals surface area contributed by atoms with Gasteiger partial charge in [0.2, 0.25) is 0 Å². The third-order valence-electron chi connectivity index (χ3n) is 1.56. The van der Waals surface area contributed by atoms with Crippen LogP contribution in [0.25, 0.3) is 0 Å². The van der Waals surface area contributed by atoms with Crippen LogP contribution >= 0.6 is 0 Å². The molecule has 0 aliphatic heterocycles. The quantitative estimate of drug-likeness (QED) is 0.759. The Morgan fingerprint density at radius 2 is 2.50 bits per heavy atom. The van der Waals surface area contributed by atoms with Crippen LogP contribution in [0, 0.1) is 0 Å². The Kier molecular flexibility index (Phi) is 4.20. The Hall–Kier alpha value is -1.84. The molecule has 2 N–H and O–H groups in total. The predicted octanol–water partition coefficient (Wildman–Crippen LogP) is 1.41. The summed E-state index contributed by atoms with van der Waals surface area (Å²) in [5.74, 6) is 0. The van der Waals surface area contributed by atoms with Crippen molar-refractivity contribution in [2.45, 2.75) is 13.5 Å². The van der Waals surface area contributed by atoms with Crippen molar-refractivity contribution >= 4 is 6.03 Å². The monoisotopic (exact) mass is 191 g/mol. The number of hydrogen-bond acceptors (Lipinski definition) is 2. The molecule has 0 atom stereocenters. The van der Waals surface area contributed by atoms with Crippen LogP contribution in [0.3, 0.4) is 0 Å². The fraction of sp³-hybridized carbons (Fsp3) is 0.200. The minimum absolute atomic E-state index is 0.216. The van der Waals surface area contributed by atoms with Gasteiger partial charge < -0.3 is 10.6 Å². The van der Waals surface area contributed by atoms with Crippen molar-refractivity contribution in [1.82, 2.24) is 15.6 Å². The number of pyridine rings is 1. The van der Waals surface area contributed by atoms with E-state index in [0.29, 0.717) is 6.54 Å². The van der Waals surface area contributed by atoms with E-state index < -0.39 is 0 Å². The first-order valence-corrected chi connectivity index (χ1v) is 4.37. The summed E-state index contributed by atoms with van der Waals surface area (Å²) >= 11 is 0. The zero-order valence-electron chi connectivity index (χ0n) is 8.03. The van der Waals surface area contributed by atoms with Gasteiger partial charge in [0.1, 0.15) is 0 Å². The summed E-state index contributed by atoms with van der Waals surface area (Å²) in [7, 11) is 0. The molecule has 0 fully saturated rings. The lowest BCUT2D eigenvalue weighted by Gasteiger charge is -2.03. The van der Waals surface area contributed by atoms with Gasteiger partial charge in [0.25, 0.3) is 0 Å². The third-order valence-corrected chi connectivity index (χ3v) is 1.56. The van der Waals surface area contributed by atoms with Gasteiger partial charge in [-0.15, -0.1) is 0 Å². The van der Waals surface area contributed by atoms with Crippen molar-refractivity contribution in [2.75, 3.05) is 0 Å². The molecule has 0 saturated carbocycles. The summed E-state index contributed by atoms with van der Waals surface area (Å²) in [6, 6.07) is 3.52. The van der Waals surface area contributed by atoms with Crippen LogP contribution < -0.4 is 10.6 Å². The van der Waals surface area contributed by atoms with E-state index in [1.165, 1.54) is 0 Å². The normalized spacial score (nSPS) is 10.1. The SMILES string of the molecule is C/C=C/NC(=O)NCc1cccnc1. The van der Waals surface area contributed by atoms with Gasteiger partial charge in [-0.3, -0.25) is 4.98 Å². The number of amides is 2. The summed E-state index contributed by atoms with van der Waals surface area (Å²) in [6.07, 6.45) is 6.75. The smallest absolute Gasteiger partial charge is 0.319 e. The number of aromatic nitrogens is 1. The van der Waals surface area contributed by atoms with E-state index in [9.17, 15) is 4.79 Å². The molecule has 0 aliphatic rings. The van der Waals surface area contributed by atoms with E-state index in [4.69, 9.17) is 0 Å². The maximum absolute atomic E-state index is 11.1. The summed E-state index contributed by atoms with van der Waals surface area (Å²) in [5, 5.41) is 5.24. The minimum Gasteiger partial charge on any atom is -0.334 e. The summed E-state index contributed by atoms with van der Waals surface area (Å²) in [6.45, 7) is 2.32. The third kappa shape index (κ3) is 3.71. The molecule has 0 bridgehead atoms. The van der Waals surface area contributed by atoms with Crippen molar-refractivity contribution in [3.05, 3.63) is 42.4 Å². The molecule has 0 spiro atoms. The lowest BCUT2D eigenvalue weighted by Crippen LogP contribution is -2.31. The Morgan fingerprint density at radius 1 is 1.64 bits per heavy atom. The van der Waals surface area contributed by atoms with Gasteiger partial charge in [-0.25, -0.2) is 4.79 Å². The van der Waals surface area contributed by atoms with Crippen LogP contribution in [0.15, 0.2) is 36.8 Å². The second kappa shape index (κ2) is 5.75. The number of nitrogens with zero attached hydrogens (tertiary/aromatic N) is 1. The first-order chi connectivity index (χ1) is 6.83. The number of carbonyl (C=O) groups excluding carboxylic acids is 1. The number of hydrogen-bond donors (Lipinski definition) is 2. The van der Waals surface area contributed by atoms with Gasteiger partial charge in [-0.2, -0.15) is 0 Å². The first-order valence-electron chi connectivity index (χ1n) is 4.37. The average Bonchev–Trinajstić information content (AvgIpc) is 2.25. The molecule has 0 radical (unpaired) electrons. The highest BCUT2D eigenvalue weighted by molar-refractivity contribution is 5.74. The molecule has 74 valence electrons. The minimum atomic E-state index is -0.216. The molecule has 4 nitrogen and oxygen atoms in total. The van der Waals surface area contributed by atoms with Gasteiger partial charge in [0, 0.05) is 25.1 Å². The molecule has 1 aromatic rings. The maximum atomic E-state index is 11.1. The van der Waals surface area contributed by atoms with Crippen molar-refractivity contribution in [2.24, 2.45) is 0 Å². The van der Waals surface area contributed by atoms with Crippen LogP contribution in [0.2, 0.25) is 0 Å². The van der Waals surface area contributed by atoms with Crippen LogP contribution in [0.5, 0.6) is 0 Å². The van der Waals surface area contributed by atoms with Crippen molar-refractivity contribution in [1.29, 1.82) is 0 Å². The van der Waals surface area contributed by atoms with Crippen molar-refractivity contribution < 1.29 is 4.79 Å².